The minimum Gasteiger partial charge on any atom is -0.440 e. The van der Waals surface area contributed by atoms with Gasteiger partial charge in [0.25, 0.3) is 0 Å². The van der Waals surface area contributed by atoms with E-state index in [4.69, 9.17) is 4.74 Å². The van der Waals surface area contributed by atoms with E-state index < -0.39 is 17.2 Å². The molecular weight excluding hydrogens is 452 g/mol. The number of carbonyl (C=O) groups is 2. The van der Waals surface area contributed by atoms with Crippen LogP contribution >= 0.6 is 0 Å². The summed E-state index contributed by atoms with van der Waals surface area (Å²) in [7, 11) is 0. The largest absolute Gasteiger partial charge is 0.440 e. The number of nitrogens with zero attached hydrogens (tertiary/aromatic N) is 4. The number of pyridine rings is 1. The average Bonchev–Trinajstić information content (AvgIpc) is 3.12. The maximum atomic E-state index is 13.4. The number of carbonyl (C=O) groups excluding carboxylic acids is 2. The Balaban J connectivity index is 1.44. The molecule has 2 aromatic carbocycles. The fraction of sp³-hybridized carbons (Fsp3) is 0.310. The molecule has 2 amide bonds. The molecule has 5 rings (SSSR count). The lowest BCUT2D eigenvalue weighted by Gasteiger charge is -2.48. The second kappa shape index (κ2) is 9.46. The lowest BCUT2D eigenvalue weighted by Crippen LogP contribution is -2.59. The van der Waals surface area contributed by atoms with Gasteiger partial charge in [-0.15, -0.1) is 0 Å². The lowest BCUT2D eigenvalue weighted by molar-refractivity contribution is -0.136. The van der Waals surface area contributed by atoms with Gasteiger partial charge >= 0.3 is 6.09 Å². The maximum absolute atomic E-state index is 13.4. The Kier molecular flexibility index (Phi) is 6.19. The molecule has 36 heavy (non-hydrogen) atoms. The first-order chi connectivity index (χ1) is 17.5. The molecule has 0 N–H and O–H groups in total. The highest BCUT2D eigenvalue weighted by Crippen LogP contribution is 2.52. The molecule has 7 heteroatoms. The predicted octanol–water partition coefficient (Wildman–Crippen LogP) is 4.42. The zero-order valence-corrected chi connectivity index (χ0v) is 20.3. The van der Waals surface area contributed by atoms with E-state index >= 15 is 0 Å². The molecule has 1 unspecified atom stereocenters. The summed E-state index contributed by atoms with van der Waals surface area (Å²) in [6.07, 6.45) is 2.59. The molecule has 2 fully saturated rings. The second-order valence-electron chi connectivity index (χ2n) is 9.53. The van der Waals surface area contributed by atoms with Gasteiger partial charge in [0.1, 0.15) is 11.1 Å². The number of rotatable bonds is 5. The van der Waals surface area contributed by atoms with E-state index in [1.807, 2.05) is 78.6 Å². The highest BCUT2D eigenvalue weighted by atomic mass is 16.6. The van der Waals surface area contributed by atoms with E-state index in [1.165, 1.54) is 0 Å². The van der Waals surface area contributed by atoms with Gasteiger partial charge in [0.2, 0.25) is 5.91 Å². The van der Waals surface area contributed by atoms with Crippen LogP contribution in [0, 0.1) is 11.3 Å². The summed E-state index contributed by atoms with van der Waals surface area (Å²) in [4.78, 5) is 34.3. The number of likely N-dealkylation sites (tertiary alicyclic amines) is 1. The standard InChI is InChI=1S/C29H28N4O3/c1-28(24-11-3-2-4-12-24)29(36-27(35)33(28)21-23-10-6-5-9-22(23)20-30)14-17-32(18-15-29)26(34)19-25-13-7-8-16-31-25/h2-13,16H,14-15,17-19,21H2,1H3. The zero-order valence-electron chi connectivity index (χ0n) is 20.3. The van der Waals surface area contributed by atoms with Crippen molar-refractivity contribution in [3.8, 4) is 6.07 Å². The van der Waals surface area contributed by atoms with Crippen LogP contribution in [0.3, 0.4) is 0 Å². The van der Waals surface area contributed by atoms with Crippen LogP contribution in [0.15, 0.2) is 79.0 Å². The topological polar surface area (TPSA) is 86.5 Å². The Bertz CT molecular complexity index is 1300. The quantitative estimate of drug-likeness (QED) is 0.539. The third-order valence-corrected chi connectivity index (χ3v) is 7.71. The number of hydrogen-bond acceptors (Lipinski definition) is 5. The minimum atomic E-state index is -0.797. The number of hydrogen-bond donors (Lipinski definition) is 0. The maximum Gasteiger partial charge on any atom is 0.411 e. The van der Waals surface area contributed by atoms with Crippen LogP contribution in [-0.4, -0.2) is 45.5 Å². The fourth-order valence-electron chi connectivity index (χ4n) is 5.57. The van der Waals surface area contributed by atoms with Gasteiger partial charge in [-0.1, -0.05) is 54.6 Å². The molecule has 3 aromatic rings. The van der Waals surface area contributed by atoms with Gasteiger partial charge in [-0.05, 0) is 36.2 Å². The molecule has 1 spiro atoms. The Morgan fingerprint density at radius 3 is 2.42 bits per heavy atom. The van der Waals surface area contributed by atoms with Gasteiger partial charge in [-0.25, -0.2) is 4.79 Å². The van der Waals surface area contributed by atoms with Crippen LogP contribution in [0.5, 0.6) is 0 Å². The molecule has 0 bridgehead atoms. The normalized spacial score (nSPS) is 20.7. The van der Waals surface area contributed by atoms with Crippen molar-refractivity contribution < 1.29 is 14.3 Å². The summed E-state index contributed by atoms with van der Waals surface area (Å²) in [6.45, 7) is 3.29. The van der Waals surface area contributed by atoms with E-state index in [1.54, 1.807) is 17.2 Å². The van der Waals surface area contributed by atoms with Gasteiger partial charge in [0.05, 0.1) is 24.6 Å². The van der Waals surface area contributed by atoms with Gasteiger partial charge in [0, 0.05) is 37.8 Å². The molecule has 0 radical (unpaired) electrons. The van der Waals surface area contributed by atoms with Crippen molar-refractivity contribution >= 4 is 12.0 Å². The van der Waals surface area contributed by atoms with E-state index in [0.717, 1.165) is 16.8 Å². The first kappa shape index (κ1) is 23.6. The molecule has 182 valence electrons. The summed E-state index contributed by atoms with van der Waals surface area (Å²) in [5.41, 5.74) is 1.46. The van der Waals surface area contributed by atoms with Crippen molar-refractivity contribution in [2.75, 3.05) is 13.1 Å². The van der Waals surface area contributed by atoms with Gasteiger partial charge in [-0.2, -0.15) is 5.26 Å². The SMILES string of the molecule is CC1(c2ccccc2)N(Cc2ccccc2C#N)C(=O)OC12CCN(C(=O)Cc1ccccn1)CC2. The Morgan fingerprint density at radius 1 is 1.03 bits per heavy atom. The summed E-state index contributed by atoms with van der Waals surface area (Å²) in [5.74, 6) is 0.0223. The van der Waals surface area contributed by atoms with Crippen LogP contribution in [0.1, 0.15) is 42.1 Å². The van der Waals surface area contributed by atoms with Crippen LogP contribution in [-0.2, 0) is 28.0 Å². The summed E-state index contributed by atoms with van der Waals surface area (Å²) >= 11 is 0. The third kappa shape index (κ3) is 3.99. The molecule has 0 saturated carbocycles. The molecule has 7 nitrogen and oxygen atoms in total. The van der Waals surface area contributed by atoms with Crippen molar-refractivity contribution in [2.24, 2.45) is 0 Å². The molecular formula is C29H28N4O3. The molecule has 1 atom stereocenters. The number of nitriles is 1. The van der Waals surface area contributed by atoms with Gasteiger partial charge < -0.3 is 9.64 Å². The smallest absolute Gasteiger partial charge is 0.411 e. The number of amides is 2. The highest BCUT2D eigenvalue weighted by Gasteiger charge is 2.63. The summed E-state index contributed by atoms with van der Waals surface area (Å²) in [5, 5.41) is 9.61. The van der Waals surface area contributed by atoms with Crippen LogP contribution in [0.4, 0.5) is 4.79 Å². The number of piperidine rings is 1. The van der Waals surface area contributed by atoms with Crippen molar-refractivity contribution in [3.63, 3.8) is 0 Å². The van der Waals surface area contributed by atoms with E-state index in [-0.39, 0.29) is 18.9 Å². The summed E-state index contributed by atoms with van der Waals surface area (Å²) < 4.78 is 6.22. The van der Waals surface area contributed by atoms with Crippen molar-refractivity contribution in [1.82, 2.24) is 14.8 Å². The van der Waals surface area contributed by atoms with Crippen molar-refractivity contribution in [2.45, 2.75) is 43.9 Å². The average molecular weight is 481 g/mol. The first-order valence-corrected chi connectivity index (χ1v) is 12.2. The lowest BCUT2D eigenvalue weighted by atomic mass is 9.70. The van der Waals surface area contributed by atoms with Crippen LogP contribution in [0.2, 0.25) is 0 Å². The molecule has 1 aromatic heterocycles. The Morgan fingerprint density at radius 2 is 1.72 bits per heavy atom. The monoisotopic (exact) mass is 480 g/mol. The third-order valence-electron chi connectivity index (χ3n) is 7.71. The van der Waals surface area contributed by atoms with Crippen LogP contribution in [0.25, 0.3) is 0 Å². The van der Waals surface area contributed by atoms with Gasteiger partial charge in [-0.3, -0.25) is 14.7 Å². The fourth-order valence-corrected chi connectivity index (χ4v) is 5.57. The number of ether oxygens (including phenoxy) is 1. The Labute approximate surface area is 210 Å². The molecule has 3 heterocycles. The van der Waals surface area contributed by atoms with Crippen molar-refractivity contribution in [1.29, 1.82) is 5.26 Å². The van der Waals surface area contributed by atoms with Crippen molar-refractivity contribution in [3.05, 3.63) is 101 Å². The second-order valence-corrected chi connectivity index (χ2v) is 9.53. The zero-order chi connectivity index (χ0) is 25.2. The molecule has 2 aliphatic rings. The highest BCUT2D eigenvalue weighted by molar-refractivity contribution is 5.79. The van der Waals surface area contributed by atoms with Gasteiger partial charge in [0.15, 0.2) is 0 Å². The molecule has 2 saturated heterocycles. The van der Waals surface area contributed by atoms with E-state index in [2.05, 4.69) is 11.1 Å². The number of aromatic nitrogens is 1. The van der Waals surface area contributed by atoms with E-state index in [9.17, 15) is 14.9 Å². The summed E-state index contributed by atoms with van der Waals surface area (Å²) in [6, 6.07) is 25.0. The first-order valence-electron chi connectivity index (χ1n) is 12.2. The van der Waals surface area contributed by atoms with E-state index in [0.29, 0.717) is 31.5 Å². The van der Waals surface area contributed by atoms with Crippen LogP contribution < -0.4 is 0 Å². The Hall–Kier alpha value is -4.18. The molecule has 0 aliphatic carbocycles. The minimum absolute atomic E-state index is 0.0223. The number of benzene rings is 2. The predicted molar refractivity (Wildman–Crippen MR) is 133 cm³/mol. The molecule has 2 aliphatic heterocycles.